The summed E-state index contributed by atoms with van der Waals surface area (Å²) in [7, 11) is 0. The van der Waals surface area contributed by atoms with E-state index in [0.29, 0.717) is 5.69 Å². The second kappa shape index (κ2) is 4.78. The predicted molar refractivity (Wildman–Crippen MR) is 62.0 cm³/mol. The van der Waals surface area contributed by atoms with Gasteiger partial charge in [-0.15, -0.1) is 0 Å². The summed E-state index contributed by atoms with van der Waals surface area (Å²) in [5, 5.41) is 6.76. The topological polar surface area (TPSA) is 46.9 Å². The maximum atomic E-state index is 12.6. The molecule has 1 aromatic carbocycles. The van der Waals surface area contributed by atoms with Crippen LogP contribution in [0.15, 0.2) is 36.5 Å². The molecule has 0 aliphatic rings. The van der Waals surface area contributed by atoms with E-state index in [9.17, 15) is 9.18 Å². The van der Waals surface area contributed by atoms with Gasteiger partial charge in [-0.3, -0.25) is 9.48 Å². The van der Waals surface area contributed by atoms with Gasteiger partial charge in [0.15, 0.2) is 0 Å². The summed E-state index contributed by atoms with van der Waals surface area (Å²) >= 11 is 0. The minimum absolute atomic E-state index is 0.144. The van der Waals surface area contributed by atoms with Crippen LogP contribution in [0.4, 0.5) is 10.1 Å². The molecule has 5 heteroatoms. The van der Waals surface area contributed by atoms with Crippen LogP contribution in [0.2, 0.25) is 0 Å². The second-order valence-corrected chi connectivity index (χ2v) is 3.71. The molecule has 2 aromatic rings. The summed E-state index contributed by atoms with van der Waals surface area (Å²) in [5.41, 5.74) is 1.43. The summed E-state index contributed by atoms with van der Waals surface area (Å²) in [4.78, 5) is 11.6. The molecular formula is C12H12FN3O. The molecule has 0 bridgehead atoms. The van der Waals surface area contributed by atoms with E-state index in [1.54, 1.807) is 10.9 Å². The van der Waals surface area contributed by atoms with Crippen molar-refractivity contribution in [2.24, 2.45) is 0 Å². The summed E-state index contributed by atoms with van der Waals surface area (Å²) in [6.07, 6.45) is 1.74. The lowest BCUT2D eigenvalue weighted by Gasteiger charge is -2.05. The number of rotatable bonds is 3. The SMILES string of the molecule is Cc1ccn(CC(=O)Nc2ccc(F)cc2)n1. The third kappa shape index (κ3) is 3.14. The quantitative estimate of drug-likeness (QED) is 0.881. The first-order valence-electron chi connectivity index (χ1n) is 5.19. The number of amides is 1. The molecule has 0 fully saturated rings. The number of benzene rings is 1. The predicted octanol–water partition coefficient (Wildman–Crippen LogP) is 1.97. The first kappa shape index (κ1) is 11.3. The average Bonchev–Trinajstić information content (AvgIpc) is 2.67. The molecule has 17 heavy (non-hydrogen) atoms. The Morgan fingerprint density at radius 1 is 1.35 bits per heavy atom. The van der Waals surface area contributed by atoms with Crippen molar-refractivity contribution in [1.82, 2.24) is 9.78 Å². The maximum absolute atomic E-state index is 12.6. The molecule has 0 aliphatic heterocycles. The molecular weight excluding hydrogens is 221 g/mol. The van der Waals surface area contributed by atoms with Gasteiger partial charge in [-0.2, -0.15) is 5.10 Å². The maximum Gasteiger partial charge on any atom is 0.246 e. The van der Waals surface area contributed by atoms with Crippen molar-refractivity contribution in [1.29, 1.82) is 0 Å². The number of aromatic nitrogens is 2. The van der Waals surface area contributed by atoms with Crippen molar-refractivity contribution in [2.45, 2.75) is 13.5 Å². The van der Waals surface area contributed by atoms with Gasteiger partial charge in [-0.05, 0) is 37.3 Å². The van der Waals surface area contributed by atoms with Crippen LogP contribution in [0.3, 0.4) is 0 Å². The molecule has 2 rings (SSSR count). The molecule has 0 spiro atoms. The Balaban J connectivity index is 1.95. The molecule has 1 aromatic heterocycles. The zero-order valence-corrected chi connectivity index (χ0v) is 9.35. The number of carbonyl (C=O) groups excluding carboxylic acids is 1. The fraction of sp³-hybridized carbons (Fsp3) is 0.167. The number of anilines is 1. The largest absolute Gasteiger partial charge is 0.324 e. The third-order valence-corrected chi connectivity index (χ3v) is 2.21. The number of halogens is 1. The van der Waals surface area contributed by atoms with Gasteiger partial charge in [0.25, 0.3) is 0 Å². The van der Waals surface area contributed by atoms with E-state index in [2.05, 4.69) is 10.4 Å². The minimum atomic E-state index is -0.328. The van der Waals surface area contributed by atoms with Gasteiger partial charge in [0.05, 0.1) is 5.69 Å². The molecule has 0 aliphatic carbocycles. The highest BCUT2D eigenvalue weighted by Gasteiger charge is 2.04. The first-order chi connectivity index (χ1) is 8.13. The average molecular weight is 233 g/mol. The van der Waals surface area contributed by atoms with Crippen LogP contribution < -0.4 is 5.32 Å². The Morgan fingerprint density at radius 2 is 2.06 bits per heavy atom. The zero-order valence-electron chi connectivity index (χ0n) is 9.35. The number of nitrogens with one attached hydrogen (secondary N) is 1. The molecule has 1 amide bonds. The normalized spacial score (nSPS) is 10.2. The van der Waals surface area contributed by atoms with E-state index in [1.165, 1.54) is 24.3 Å². The van der Waals surface area contributed by atoms with Gasteiger partial charge < -0.3 is 5.32 Å². The zero-order chi connectivity index (χ0) is 12.3. The molecule has 0 atom stereocenters. The molecule has 0 unspecified atom stereocenters. The van der Waals surface area contributed by atoms with Crippen LogP contribution in [0.25, 0.3) is 0 Å². The number of carbonyl (C=O) groups is 1. The van der Waals surface area contributed by atoms with Crippen LogP contribution in [0, 0.1) is 12.7 Å². The first-order valence-corrected chi connectivity index (χ1v) is 5.19. The van der Waals surface area contributed by atoms with E-state index < -0.39 is 0 Å². The molecule has 0 radical (unpaired) electrons. The van der Waals surface area contributed by atoms with E-state index in [0.717, 1.165) is 5.69 Å². The van der Waals surface area contributed by atoms with Gasteiger partial charge in [0, 0.05) is 11.9 Å². The molecule has 88 valence electrons. The minimum Gasteiger partial charge on any atom is -0.324 e. The monoisotopic (exact) mass is 233 g/mol. The van der Waals surface area contributed by atoms with Crippen molar-refractivity contribution < 1.29 is 9.18 Å². The summed E-state index contributed by atoms with van der Waals surface area (Å²) in [6.45, 7) is 2.00. The van der Waals surface area contributed by atoms with Gasteiger partial charge in [0.1, 0.15) is 12.4 Å². The summed E-state index contributed by atoms with van der Waals surface area (Å²) in [6, 6.07) is 7.45. The lowest BCUT2D eigenvalue weighted by atomic mass is 10.3. The highest BCUT2D eigenvalue weighted by atomic mass is 19.1. The highest BCUT2D eigenvalue weighted by Crippen LogP contribution is 2.08. The van der Waals surface area contributed by atoms with Crippen molar-refractivity contribution >= 4 is 11.6 Å². The van der Waals surface area contributed by atoms with Gasteiger partial charge >= 0.3 is 0 Å². The van der Waals surface area contributed by atoms with Gasteiger partial charge in [-0.1, -0.05) is 0 Å². The van der Waals surface area contributed by atoms with Crippen LogP contribution in [-0.2, 0) is 11.3 Å². The third-order valence-electron chi connectivity index (χ3n) is 2.21. The fourth-order valence-electron chi connectivity index (χ4n) is 1.43. The Bertz CT molecular complexity index is 519. The van der Waals surface area contributed by atoms with E-state index in [-0.39, 0.29) is 18.3 Å². The van der Waals surface area contributed by atoms with Crippen molar-refractivity contribution in [3.63, 3.8) is 0 Å². The molecule has 1 N–H and O–H groups in total. The Hall–Kier alpha value is -2.17. The number of aryl methyl sites for hydroxylation is 1. The number of hydrogen-bond donors (Lipinski definition) is 1. The standard InChI is InChI=1S/C12H12FN3O/c1-9-6-7-16(15-9)8-12(17)14-11-4-2-10(13)3-5-11/h2-7H,8H2,1H3,(H,14,17). The van der Waals surface area contributed by atoms with Crippen LogP contribution in [0.5, 0.6) is 0 Å². The number of nitrogens with zero attached hydrogens (tertiary/aromatic N) is 2. The molecule has 4 nitrogen and oxygen atoms in total. The van der Waals surface area contributed by atoms with Crippen molar-refractivity contribution in [3.8, 4) is 0 Å². The van der Waals surface area contributed by atoms with E-state index in [4.69, 9.17) is 0 Å². The molecule has 0 saturated heterocycles. The molecule has 1 heterocycles. The van der Waals surface area contributed by atoms with Crippen LogP contribution in [0.1, 0.15) is 5.69 Å². The Labute approximate surface area is 98.1 Å². The highest BCUT2D eigenvalue weighted by molar-refractivity contribution is 5.90. The van der Waals surface area contributed by atoms with Crippen LogP contribution in [-0.4, -0.2) is 15.7 Å². The smallest absolute Gasteiger partial charge is 0.246 e. The van der Waals surface area contributed by atoms with Crippen molar-refractivity contribution in [2.75, 3.05) is 5.32 Å². The fourth-order valence-corrected chi connectivity index (χ4v) is 1.43. The van der Waals surface area contributed by atoms with Gasteiger partial charge in [0.2, 0.25) is 5.91 Å². The summed E-state index contributed by atoms with van der Waals surface area (Å²) < 4.78 is 14.2. The van der Waals surface area contributed by atoms with Crippen molar-refractivity contribution in [3.05, 3.63) is 48.0 Å². The summed E-state index contributed by atoms with van der Waals surface area (Å²) in [5.74, 6) is -0.523. The van der Waals surface area contributed by atoms with Crippen LogP contribution >= 0.6 is 0 Å². The lowest BCUT2D eigenvalue weighted by Crippen LogP contribution is -2.19. The Morgan fingerprint density at radius 3 is 2.65 bits per heavy atom. The molecule has 0 saturated carbocycles. The lowest BCUT2D eigenvalue weighted by molar-refractivity contribution is -0.116. The number of hydrogen-bond acceptors (Lipinski definition) is 2. The van der Waals surface area contributed by atoms with E-state index >= 15 is 0 Å². The van der Waals surface area contributed by atoms with Gasteiger partial charge in [-0.25, -0.2) is 4.39 Å². The Kier molecular flexibility index (Phi) is 3.18. The van der Waals surface area contributed by atoms with E-state index in [1.807, 2.05) is 13.0 Å². The second-order valence-electron chi connectivity index (χ2n) is 3.71.